The SMILES string of the molecule is CCOC(=O)/C=C/C1(C(=O)OCC)C[C@@H]2CCC[C@@H]2C1=O. The molecule has 0 radical (unpaired) electrons. The second-order valence-corrected chi connectivity index (χ2v) is 5.64. The smallest absolute Gasteiger partial charge is 0.330 e. The van der Waals surface area contributed by atoms with Crippen LogP contribution in [0.25, 0.3) is 0 Å². The molecule has 0 saturated heterocycles. The van der Waals surface area contributed by atoms with Gasteiger partial charge in [0, 0.05) is 12.0 Å². The number of hydrogen-bond acceptors (Lipinski definition) is 5. The molecule has 0 bridgehead atoms. The Morgan fingerprint density at radius 2 is 1.95 bits per heavy atom. The second kappa shape index (κ2) is 6.41. The number of fused-ring (bicyclic) bond motifs is 1. The van der Waals surface area contributed by atoms with Gasteiger partial charge in [-0.15, -0.1) is 0 Å². The van der Waals surface area contributed by atoms with E-state index >= 15 is 0 Å². The summed E-state index contributed by atoms with van der Waals surface area (Å²) in [5.41, 5.74) is -1.29. The van der Waals surface area contributed by atoms with Crippen molar-refractivity contribution in [3.63, 3.8) is 0 Å². The van der Waals surface area contributed by atoms with E-state index in [0.717, 1.165) is 19.3 Å². The van der Waals surface area contributed by atoms with E-state index in [1.807, 2.05) is 0 Å². The maximum atomic E-state index is 12.7. The van der Waals surface area contributed by atoms with Crippen molar-refractivity contribution in [1.82, 2.24) is 0 Å². The summed E-state index contributed by atoms with van der Waals surface area (Å²) in [6, 6.07) is 0. The Bertz CT molecular complexity index is 467. The van der Waals surface area contributed by atoms with Crippen molar-refractivity contribution in [3.8, 4) is 0 Å². The number of rotatable bonds is 5. The Morgan fingerprint density at radius 3 is 2.57 bits per heavy atom. The molecule has 5 nitrogen and oxygen atoms in total. The first-order chi connectivity index (χ1) is 10.0. The Kier molecular flexibility index (Phi) is 4.80. The highest BCUT2D eigenvalue weighted by Crippen LogP contribution is 2.51. The highest BCUT2D eigenvalue weighted by molar-refractivity contribution is 6.09. The van der Waals surface area contributed by atoms with Crippen LogP contribution in [0.1, 0.15) is 39.5 Å². The van der Waals surface area contributed by atoms with Crippen LogP contribution in [0.4, 0.5) is 0 Å². The predicted octanol–water partition coefficient (Wildman–Crippen LogP) is 2.04. The molecule has 5 heteroatoms. The van der Waals surface area contributed by atoms with Crippen LogP contribution in [0.5, 0.6) is 0 Å². The van der Waals surface area contributed by atoms with Gasteiger partial charge in [-0.1, -0.05) is 12.5 Å². The first kappa shape index (κ1) is 15.7. The molecule has 1 unspecified atom stereocenters. The summed E-state index contributed by atoms with van der Waals surface area (Å²) in [7, 11) is 0. The maximum Gasteiger partial charge on any atom is 0.330 e. The van der Waals surface area contributed by atoms with Crippen molar-refractivity contribution in [2.24, 2.45) is 17.3 Å². The van der Waals surface area contributed by atoms with E-state index in [9.17, 15) is 14.4 Å². The van der Waals surface area contributed by atoms with Crippen molar-refractivity contribution >= 4 is 17.7 Å². The van der Waals surface area contributed by atoms with Crippen molar-refractivity contribution in [1.29, 1.82) is 0 Å². The van der Waals surface area contributed by atoms with Crippen LogP contribution in [0.2, 0.25) is 0 Å². The first-order valence-corrected chi connectivity index (χ1v) is 7.62. The van der Waals surface area contributed by atoms with Gasteiger partial charge in [-0.2, -0.15) is 0 Å². The lowest BCUT2D eigenvalue weighted by atomic mass is 9.82. The van der Waals surface area contributed by atoms with Gasteiger partial charge >= 0.3 is 11.9 Å². The van der Waals surface area contributed by atoms with Crippen molar-refractivity contribution < 1.29 is 23.9 Å². The normalized spacial score (nSPS) is 31.4. The number of ether oxygens (including phenoxy) is 2. The van der Waals surface area contributed by atoms with Gasteiger partial charge in [0.15, 0.2) is 5.78 Å². The van der Waals surface area contributed by atoms with Gasteiger partial charge in [0.05, 0.1) is 13.2 Å². The maximum absolute atomic E-state index is 12.7. The fourth-order valence-corrected chi connectivity index (χ4v) is 3.53. The fraction of sp³-hybridized carbons (Fsp3) is 0.688. The number of esters is 2. The highest BCUT2D eigenvalue weighted by Gasteiger charge is 2.58. The minimum absolute atomic E-state index is 0.0683. The van der Waals surface area contributed by atoms with Crippen molar-refractivity contribution in [2.75, 3.05) is 13.2 Å². The second-order valence-electron chi connectivity index (χ2n) is 5.64. The van der Waals surface area contributed by atoms with Gasteiger partial charge in [-0.05, 0) is 39.0 Å². The van der Waals surface area contributed by atoms with E-state index < -0.39 is 17.4 Å². The monoisotopic (exact) mass is 294 g/mol. The van der Waals surface area contributed by atoms with Gasteiger partial charge in [-0.3, -0.25) is 9.59 Å². The molecular formula is C16H22O5. The van der Waals surface area contributed by atoms with Crippen LogP contribution >= 0.6 is 0 Å². The number of ketones is 1. The molecule has 2 aliphatic carbocycles. The summed E-state index contributed by atoms with van der Waals surface area (Å²) in [5.74, 6) is -1.00. The predicted molar refractivity (Wildman–Crippen MR) is 75.3 cm³/mol. The summed E-state index contributed by atoms with van der Waals surface area (Å²) < 4.78 is 9.92. The van der Waals surface area contributed by atoms with Crippen LogP contribution in [0, 0.1) is 17.3 Å². The molecule has 116 valence electrons. The van der Waals surface area contributed by atoms with Gasteiger partial charge < -0.3 is 9.47 Å². The standard InChI is InChI=1S/C16H22O5/c1-3-20-13(17)8-9-16(15(19)21-4-2)10-11-6-5-7-12(11)14(16)18/h8-9,11-12H,3-7,10H2,1-2H3/b9-8+/t11-,12-,16?/m0/s1. The lowest BCUT2D eigenvalue weighted by Gasteiger charge is -2.22. The number of carbonyl (C=O) groups is 3. The summed E-state index contributed by atoms with van der Waals surface area (Å²) in [4.78, 5) is 36.5. The largest absolute Gasteiger partial charge is 0.465 e. The lowest BCUT2D eigenvalue weighted by molar-refractivity contribution is -0.156. The highest BCUT2D eigenvalue weighted by atomic mass is 16.5. The Labute approximate surface area is 124 Å². The molecular weight excluding hydrogens is 272 g/mol. The Morgan fingerprint density at radius 1 is 1.24 bits per heavy atom. The van der Waals surface area contributed by atoms with Crippen LogP contribution < -0.4 is 0 Å². The molecule has 0 heterocycles. The van der Waals surface area contributed by atoms with E-state index in [0.29, 0.717) is 6.42 Å². The molecule has 0 aromatic rings. The van der Waals surface area contributed by atoms with E-state index in [1.54, 1.807) is 13.8 Å². The molecule has 2 fully saturated rings. The Balaban J connectivity index is 2.26. The number of carbonyl (C=O) groups excluding carboxylic acids is 3. The Hall–Kier alpha value is -1.65. The zero-order chi connectivity index (χ0) is 15.5. The molecule has 0 amide bonds. The van der Waals surface area contributed by atoms with Crippen LogP contribution in [-0.4, -0.2) is 30.9 Å². The molecule has 3 atom stereocenters. The van der Waals surface area contributed by atoms with Crippen molar-refractivity contribution in [3.05, 3.63) is 12.2 Å². The minimum Gasteiger partial charge on any atom is -0.465 e. The van der Waals surface area contributed by atoms with E-state index in [2.05, 4.69) is 0 Å². The van der Waals surface area contributed by atoms with E-state index in [4.69, 9.17) is 9.47 Å². The third-order valence-corrected chi connectivity index (χ3v) is 4.45. The van der Waals surface area contributed by atoms with Gasteiger partial charge in [0.25, 0.3) is 0 Å². The summed E-state index contributed by atoms with van der Waals surface area (Å²) in [6.45, 7) is 3.89. The van der Waals surface area contributed by atoms with Gasteiger partial charge in [0.1, 0.15) is 5.41 Å². The lowest BCUT2D eigenvalue weighted by Crippen LogP contribution is -2.37. The van der Waals surface area contributed by atoms with Gasteiger partial charge in [0.2, 0.25) is 0 Å². The van der Waals surface area contributed by atoms with E-state index in [-0.39, 0.29) is 30.8 Å². The molecule has 0 aromatic heterocycles. The fourth-order valence-electron chi connectivity index (χ4n) is 3.53. The third kappa shape index (κ3) is 2.87. The zero-order valence-corrected chi connectivity index (χ0v) is 12.6. The molecule has 0 spiro atoms. The number of hydrogen-bond donors (Lipinski definition) is 0. The molecule has 0 N–H and O–H groups in total. The topological polar surface area (TPSA) is 69.7 Å². The summed E-state index contributed by atoms with van der Waals surface area (Å²) >= 11 is 0. The van der Waals surface area contributed by atoms with Gasteiger partial charge in [-0.25, -0.2) is 4.79 Å². The molecule has 0 aliphatic heterocycles. The molecule has 2 saturated carbocycles. The molecule has 21 heavy (non-hydrogen) atoms. The van der Waals surface area contributed by atoms with Crippen molar-refractivity contribution in [2.45, 2.75) is 39.5 Å². The first-order valence-electron chi connectivity index (χ1n) is 7.62. The molecule has 0 aromatic carbocycles. The third-order valence-electron chi connectivity index (χ3n) is 4.45. The molecule has 2 rings (SSSR count). The zero-order valence-electron chi connectivity index (χ0n) is 12.6. The van der Waals surface area contributed by atoms with Crippen LogP contribution in [-0.2, 0) is 23.9 Å². The summed E-state index contributed by atoms with van der Waals surface area (Å²) in [5, 5.41) is 0. The van der Waals surface area contributed by atoms with E-state index in [1.165, 1.54) is 12.2 Å². The van der Waals surface area contributed by atoms with Crippen LogP contribution in [0.3, 0.4) is 0 Å². The quantitative estimate of drug-likeness (QED) is 0.441. The van der Waals surface area contributed by atoms with Crippen LogP contribution in [0.15, 0.2) is 12.2 Å². The average Bonchev–Trinajstić information content (AvgIpc) is 3.00. The average molecular weight is 294 g/mol. The molecule has 2 aliphatic rings. The number of Topliss-reactive ketones (excluding diaryl/α,β-unsaturated/α-hetero) is 1. The minimum atomic E-state index is -1.29. The summed E-state index contributed by atoms with van der Waals surface area (Å²) in [6.07, 6.45) is 5.87.